The molecule has 0 heterocycles. The Bertz CT molecular complexity index is 201. The maximum atomic E-state index is 11.6. The van der Waals surface area contributed by atoms with Gasteiger partial charge in [-0.2, -0.15) is 0 Å². The number of nitrogens with two attached hydrogens (primary N) is 1. The molecule has 0 aliphatic rings. The minimum Gasteiger partial charge on any atom is -0.384 e. The lowest BCUT2D eigenvalue weighted by Crippen LogP contribution is -2.15. The van der Waals surface area contributed by atoms with Crippen LogP contribution in [0.5, 0.6) is 0 Å². The predicted molar refractivity (Wildman–Crippen MR) is 56.4 cm³/mol. The molecule has 7 heteroatoms. The first-order chi connectivity index (χ1) is 7.11. The van der Waals surface area contributed by atoms with Gasteiger partial charge in [0.15, 0.2) is 0 Å². The third-order valence-corrected chi connectivity index (χ3v) is 3.28. The normalized spacial score (nSPS) is 17.3. The third-order valence-electron chi connectivity index (χ3n) is 1.90. The minimum atomic E-state index is -3.47. The van der Waals surface area contributed by atoms with Crippen molar-refractivity contribution in [3.05, 3.63) is 0 Å². The molecule has 0 aromatic heterocycles. The van der Waals surface area contributed by atoms with Gasteiger partial charge in [0.2, 0.25) is 0 Å². The van der Waals surface area contributed by atoms with Crippen molar-refractivity contribution in [3.8, 4) is 0 Å². The van der Waals surface area contributed by atoms with Crippen molar-refractivity contribution < 1.29 is 22.9 Å². The highest BCUT2D eigenvalue weighted by Gasteiger charge is 2.25. The van der Waals surface area contributed by atoms with Crippen LogP contribution in [0, 0.1) is 5.92 Å². The van der Waals surface area contributed by atoms with E-state index in [0.717, 1.165) is 6.42 Å². The minimum absolute atomic E-state index is 0.167. The van der Waals surface area contributed by atoms with Gasteiger partial charge in [0.05, 0.1) is 13.2 Å². The highest BCUT2D eigenvalue weighted by Crippen LogP contribution is 2.48. The Hall–Kier alpha value is 0.0300. The fourth-order valence-corrected chi connectivity index (χ4v) is 1.81. The summed E-state index contributed by atoms with van der Waals surface area (Å²) in [5, 5.41) is 0. The first-order valence-electron chi connectivity index (χ1n) is 4.75. The number of ether oxygens (including phenoxy) is 1. The zero-order valence-corrected chi connectivity index (χ0v) is 10.4. The summed E-state index contributed by atoms with van der Waals surface area (Å²) in [6.45, 7) is 2.60. The van der Waals surface area contributed by atoms with Crippen molar-refractivity contribution in [2.45, 2.75) is 13.3 Å². The molecule has 0 saturated heterocycles. The van der Waals surface area contributed by atoms with Gasteiger partial charge >= 0.3 is 7.82 Å². The Morgan fingerprint density at radius 3 is 2.33 bits per heavy atom. The third kappa shape index (κ3) is 6.25. The van der Waals surface area contributed by atoms with Crippen molar-refractivity contribution in [1.82, 2.24) is 0 Å². The van der Waals surface area contributed by atoms with E-state index in [2.05, 4.69) is 4.52 Å². The molecule has 15 heavy (non-hydrogen) atoms. The smallest absolute Gasteiger partial charge is 0.384 e. The number of rotatable bonds is 9. The molecule has 6 nitrogen and oxygen atoms in total. The molecule has 0 aliphatic heterocycles. The standard InChI is InChI=1S/C8H20NO5P/c1-4-8(5-11-2)6-13-15(10,12-3)14-7-9/h8H,4-7,9H2,1-3H3. The molecule has 2 atom stereocenters. The molecule has 0 fully saturated rings. The van der Waals surface area contributed by atoms with Crippen molar-refractivity contribution in [3.63, 3.8) is 0 Å². The van der Waals surface area contributed by atoms with Crippen LogP contribution in [0.1, 0.15) is 13.3 Å². The van der Waals surface area contributed by atoms with Crippen LogP contribution < -0.4 is 5.73 Å². The van der Waals surface area contributed by atoms with Crippen LogP contribution in [-0.2, 0) is 22.9 Å². The van der Waals surface area contributed by atoms with E-state index in [1.807, 2.05) is 6.92 Å². The van der Waals surface area contributed by atoms with E-state index in [9.17, 15) is 4.57 Å². The second-order valence-electron chi connectivity index (χ2n) is 2.95. The monoisotopic (exact) mass is 241 g/mol. The molecule has 0 aliphatic carbocycles. The molecular formula is C8H20NO5P. The topological polar surface area (TPSA) is 80.0 Å². The summed E-state index contributed by atoms with van der Waals surface area (Å²) in [6, 6.07) is 0. The molecule has 2 unspecified atom stereocenters. The first kappa shape index (κ1) is 15.0. The molecule has 0 spiro atoms. The summed E-state index contributed by atoms with van der Waals surface area (Å²) in [5.74, 6) is 0.167. The zero-order valence-electron chi connectivity index (χ0n) is 9.47. The maximum absolute atomic E-state index is 11.6. The highest BCUT2D eigenvalue weighted by molar-refractivity contribution is 7.48. The molecule has 0 amide bonds. The summed E-state index contributed by atoms with van der Waals surface area (Å²) in [5.41, 5.74) is 5.11. The number of phosphoric ester groups is 1. The van der Waals surface area contributed by atoms with Gasteiger partial charge in [-0.25, -0.2) is 4.57 Å². The van der Waals surface area contributed by atoms with Crippen LogP contribution in [0.2, 0.25) is 0 Å². The lowest BCUT2D eigenvalue weighted by atomic mass is 10.1. The Labute approximate surface area is 90.6 Å². The van der Waals surface area contributed by atoms with E-state index in [1.54, 1.807) is 7.11 Å². The van der Waals surface area contributed by atoms with Gasteiger partial charge in [-0.1, -0.05) is 6.92 Å². The lowest BCUT2D eigenvalue weighted by molar-refractivity contribution is 0.0816. The van der Waals surface area contributed by atoms with Gasteiger partial charge in [0.1, 0.15) is 6.73 Å². The number of methoxy groups -OCH3 is 1. The van der Waals surface area contributed by atoms with Crippen LogP contribution in [0.25, 0.3) is 0 Å². The van der Waals surface area contributed by atoms with Gasteiger partial charge in [-0.15, -0.1) is 0 Å². The van der Waals surface area contributed by atoms with E-state index in [4.69, 9.17) is 19.5 Å². The Balaban J connectivity index is 4.02. The molecule has 0 radical (unpaired) electrons. The summed E-state index contributed by atoms with van der Waals surface area (Å²) in [4.78, 5) is 0. The fourth-order valence-electron chi connectivity index (χ4n) is 0.950. The molecule has 92 valence electrons. The Kier molecular flexibility index (Phi) is 8.23. The summed E-state index contributed by atoms with van der Waals surface area (Å²) in [7, 11) is -0.608. The zero-order chi connectivity index (χ0) is 11.7. The van der Waals surface area contributed by atoms with Crippen LogP contribution >= 0.6 is 7.82 Å². The Morgan fingerprint density at radius 1 is 1.27 bits per heavy atom. The van der Waals surface area contributed by atoms with E-state index < -0.39 is 7.82 Å². The first-order valence-corrected chi connectivity index (χ1v) is 6.21. The second kappa shape index (κ2) is 8.21. The van der Waals surface area contributed by atoms with E-state index in [-0.39, 0.29) is 19.3 Å². The van der Waals surface area contributed by atoms with Gasteiger partial charge in [-0.3, -0.25) is 13.6 Å². The molecule has 0 aromatic rings. The molecular weight excluding hydrogens is 221 g/mol. The average Bonchev–Trinajstić information content (AvgIpc) is 2.24. The van der Waals surface area contributed by atoms with Crippen molar-refractivity contribution >= 4 is 7.82 Å². The van der Waals surface area contributed by atoms with Crippen molar-refractivity contribution in [1.29, 1.82) is 0 Å². The van der Waals surface area contributed by atoms with Crippen LogP contribution in [0.15, 0.2) is 0 Å². The summed E-state index contributed by atoms with van der Waals surface area (Å²) in [6.07, 6.45) is 0.861. The Morgan fingerprint density at radius 2 is 1.93 bits per heavy atom. The van der Waals surface area contributed by atoms with Crippen molar-refractivity contribution in [2.24, 2.45) is 11.7 Å². The molecule has 0 rings (SSSR count). The van der Waals surface area contributed by atoms with Crippen LogP contribution in [-0.4, -0.2) is 34.2 Å². The molecule has 0 bridgehead atoms. The van der Waals surface area contributed by atoms with Crippen molar-refractivity contribution in [2.75, 3.05) is 34.2 Å². The van der Waals surface area contributed by atoms with Gasteiger partial charge in [0, 0.05) is 20.1 Å². The maximum Gasteiger partial charge on any atom is 0.475 e. The van der Waals surface area contributed by atoms with Gasteiger partial charge in [-0.05, 0) is 6.42 Å². The number of hydrogen-bond acceptors (Lipinski definition) is 6. The lowest BCUT2D eigenvalue weighted by Gasteiger charge is -2.18. The van der Waals surface area contributed by atoms with Gasteiger partial charge < -0.3 is 10.5 Å². The number of hydrogen-bond donors (Lipinski definition) is 1. The largest absolute Gasteiger partial charge is 0.475 e. The van der Waals surface area contributed by atoms with E-state index in [0.29, 0.717) is 6.61 Å². The van der Waals surface area contributed by atoms with Crippen LogP contribution in [0.3, 0.4) is 0 Å². The average molecular weight is 241 g/mol. The SMILES string of the molecule is CCC(COC)COP(=O)(OC)OCN. The summed E-state index contributed by atoms with van der Waals surface area (Å²) < 4.78 is 31.0. The number of phosphoric acid groups is 1. The van der Waals surface area contributed by atoms with Gasteiger partial charge in [0.25, 0.3) is 0 Å². The van der Waals surface area contributed by atoms with Crippen LogP contribution in [0.4, 0.5) is 0 Å². The second-order valence-corrected chi connectivity index (χ2v) is 4.73. The van der Waals surface area contributed by atoms with E-state index >= 15 is 0 Å². The highest BCUT2D eigenvalue weighted by atomic mass is 31.2. The fraction of sp³-hybridized carbons (Fsp3) is 1.00. The quantitative estimate of drug-likeness (QED) is 0.485. The molecule has 0 saturated carbocycles. The molecule has 0 aromatic carbocycles. The predicted octanol–water partition coefficient (Wildman–Crippen LogP) is 1.36. The van der Waals surface area contributed by atoms with E-state index in [1.165, 1.54) is 7.11 Å². The summed E-state index contributed by atoms with van der Waals surface area (Å²) >= 11 is 0. The molecule has 2 N–H and O–H groups in total.